The highest BCUT2D eigenvalue weighted by Gasteiger charge is 2.29. The minimum atomic E-state index is -0.765. The van der Waals surface area contributed by atoms with Gasteiger partial charge in [-0.05, 0) is 25.5 Å². The van der Waals surface area contributed by atoms with Gasteiger partial charge in [0, 0.05) is 6.04 Å². The molecule has 2 rings (SSSR count). The number of hydrogen-bond acceptors (Lipinski definition) is 3. The third kappa shape index (κ3) is 3.24. The van der Waals surface area contributed by atoms with Gasteiger partial charge in [-0.25, -0.2) is 0 Å². The Bertz CT molecular complexity index is 487. The van der Waals surface area contributed by atoms with E-state index in [2.05, 4.69) is 10.6 Å². The van der Waals surface area contributed by atoms with Crippen molar-refractivity contribution in [3.05, 3.63) is 24.3 Å². The van der Waals surface area contributed by atoms with E-state index >= 15 is 0 Å². The molecule has 0 aromatic heterocycles. The van der Waals surface area contributed by atoms with Crippen molar-refractivity contribution in [3.8, 4) is 5.75 Å². The molecule has 1 aromatic rings. The molecule has 2 atom stereocenters. The molecule has 1 aliphatic rings. The first-order valence-corrected chi connectivity index (χ1v) is 6.46. The number of carbonyl (C=O) groups excluding carboxylic acids is 2. The average molecular weight is 262 g/mol. The van der Waals surface area contributed by atoms with Crippen LogP contribution in [0.4, 0.5) is 5.69 Å². The van der Waals surface area contributed by atoms with Crippen LogP contribution >= 0.6 is 0 Å². The van der Waals surface area contributed by atoms with Gasteiger partial charge in [0.2, 0.25) is 5.91 Å². The van der Waals surface area contributed by atoms with Gasteiger partial charge in [0.1, 0.15) is 5.75 Å². The average Bonchev–Trinajstić information content (AvgIpc) is 2.39. The summed E-state index contributed by atoms with van der Waals surface area (Å²) in [7, 11) is 0. The lowest BCUT2D eigenvalue weighted by molar-refractivity contribution is -0.130. The Morgan fingerprint density at radius 1 is 1.47 bits per heavy atom. The first-order valence-electron chi connectivity index (χ1n) is 6.46. The fraction of sp³-hybridized carbons (Fsp3) is 0.429. The molecule has 1 heterocycles. The normalized spacial score (nSPS) is 18.8. The van der Waals surface area contributed by atoms with Crippen molar-refractivity contribution in [2.24, 2.45) is 0 Å². The van der Waals surface area contributed by atoms with Crippen LogP contribution in [-0.2, 0) is 9.59 Å². The van der Waals surface area contributed by atoms with Gasteiger partial charge in [-0.3, -0.25) is 9.59 Å². The van der Waals surface area contributed by atoms with Crippen LogP contribution in [0.5, 0.6) is 5.75 Å². The van der Waals surface area contributed by atoms with Gasteiger partial charge in [-0.2, -0.15) is 0 Å². The van der Waals surface area contributed by atoms with Gasteiger partial charge < -0.3 is 15.4 Å². The van der Waals surface area contributed by atoms with Crippen molar-refractivity contribution in [1.29, 1.82) is 0 Å². The second-order valence-electron chi connectivity index (χ2n) is 4.67. The van der Waals surface area contributed by atoms with E-state index in [0.717, 1.165) is 6.42 Å². The molecule has 0 radical (unpaired) electrons. The zero-order valence-electron chi connectivity index (χ0n) is 11.1. The number of fused-ring (bicyclic) bond motifs is 1. The molecule has 5 nitrogen and oxygen atoms in total. The van der Waals surface area contributed by atoms with Crippen molar-refractivity contribution >= 4 is 17.5 Å². The molecule has 1 aromatic carbocycles. The highest BCUT2D eigenvalue weighted by molar-refractivity contribution is 5.99. The number of carbonyl (C=O) groups is 2. The van der Waals surface area contributed by atoms with Crippen LogP contribution in [0.15, 0.2) is 24.3 Å². The summed E-state index contributed by atoms with van der Waals surface area (Å²) in [5, 5.41) is 5.56. The molecule has 1 aliphatic heterocycles. The molecule has 5 heteroatoms. The first-order chi connectivity index (χ1) is 9.10. The van der Waals surface area contributed by atoms with Gasteiger partial charge in [-0.15, -0.1) is 0 Å². The Balaban J connectivity index is 1.99. The van der Waals surface area contributed by atoms with Crippen molar-refractivity contribution in [2.75, 3.05) is 5.32 Å². The van der Waals surface area contributed by atoms with Crippen molar-refractivity contribution < 1.29 is 14.3 Å². The summed E-state index contributed by atoms with van der Waals surface area (Å²) in [5.41, 5.74) is 0.645. The predicted molar refractivity (Wildman–Crippen MR) is 72.0 cm³/mol. The Morgan fingerprint density at radius 2 is 2.21 bits per heavy atom. The molecule has 0 fully saturated rings. The fourth-order valence-corrected chi connectivity index (χ4v) is 1.83. The molecule has 0 saturated heterocycles. The molecule has 0 bridgehead atoms. The van der Waals surface area contributed by atoms with Crippen LogP contribution in [0, 0.1) is 0 Å². The van der Waals surface area contributed by atoms with E-state index < -0.39 is 6.10 Å². The van der Waals surface area contributed by atoms with E-state index in [0.29, 0.717) is 11.4 Å². The van der Waals surface area contributed by atoms with Crippen LogP contribution in [-0.4, -0.2) is 24.0 Å². The number of nitrogens with one attached hydrogen (secondary N) is 2. The summed E-state index contributed by atoms with van der Waals surface area (Å²) in [6.45, 7) is 3.92. The number of rotatable bonds is 4. The molecule has 0 spiro atoms. The van der Waals surface area contributed by atoms with Gasteiger partial charge in [0.05, 0.1) is 12.1 Å². The maximum absolute atomic E-state index is 11.8. The zero-order chi connectivity index (χ0) is 13.8. The number of benzene rings is 1. The summed E-state index contributed by atoms with van der Waals surface area (Å²) in [4.78, 5) is 23.6. The van der Waals surface area contributed by atoms with Gasteiger partial charge in [0.25, 0.3) is 5.91 Å². The van der Waals surface area contributed by atoms with E-state index in [9.17, 15) is 9.59 Å². The Hall–Kier alpha value is -2.04. The summed E-state index contributed by atoms with van der Waals surface area (Å²) < 4.78 is 5.56. The quantitative estimate of drug-likeness (QED) is 0.867. The fourth-order valence-electron chi connectivity index (χ4n) is 1.83. The minimum Gasteiger partial charge on any atom is -0.478 e. The number of hydrogen-bond donors (Lipinski definition) is 2. The van der Waals surface area contributed by atoms with Crippen LogP contribution in [0.25, 0.3) is 0 Å². The maximum Gasteiger partial charge on any atom is 0.266 e. The Morgan fingerprint density at radius 3 is 2.95 bits per heavy atom. The second kappa shape index (κ2) is 5.73. The van der Waals surface area contributed by atoms with Crippen LogP contribution in [0.2, 0.25) is 0 Å². The van der Waals surface area contributed by atoms with E-state index in [-0.39, 0.29) is 24.3 Å². The molecule has 2 amide bonds. The summed E-state index contributed by atoms with van der Waals surface area (Å²) in [5.74, 6) is 0.148. The smallest absolute Gasteiger partial charge is 0.266 e. The molecule has 2 unspecified atom stereocenters. The van der Waals surface area contributed by atoms with Crippen LogP contribution < -0.4 is 15.4 Å². The molecule has 0 aliphatic carbocycles. The zero-order valence-corrected chi connectivity index (χ0v) is 11.1. The molecule has 19 heavy (non-hydrogen) atoms. The van der Waals surface area contributed by atoms with Crippen LogP contribution in [0.1, 0.15) is 26.7 Å². The topological polar surface area (TPSA) is 67.4 Å². The number of anilines is 1. The SMILES string of the molecule is CCC(C)NC(=O)CC1Oc2ccccc2NC1=O. The number of ether oxygens (including phenoxy) is 1. The van der Waals surface area contributed by atoms with Gasteiger partial charge in [0.15, 0.2) is 6.10 Å². The standard InChI is InChI=1S/C14H18N2O3/c1-3-9(2)15-13(17)8-12-14(18)16-10-6-4-5-7-11(10)19-12/h4-7,9,12H,3,8H2,1-2H3,(H,15,17)(H,16,18). The summed E-state index contributed by atoms with van der Waals surface area (Å²) in [6, 6.07) is 7.29. The monoisotopic (exact) mass is 262 g/mol. The lowest BCUT2D eigenvalue weighted by Crippen LogP contribution is -2.42. The number of para-hydroxylation sites is 2. The van der Waals surface area contributed by atoms with Gasteiger partial charge in [-0.1, -0.05) is 19.1 Å². The van der Waals surface area contributed by atoms with Crippen LogP contribution in [0.3, 0.4) is 0 Å². The maximum atomic E-state index is 11.8. The highest BCUT2D eigenvalue weighted by Crippen LogP contribution is 2.29. The molecule has 0 saturated carbocycles. The highest BCUT2D eigenvalue weighted by atomic mass is 16.5. The minimum absolute atomic E-state index is 0.0322. The molecule has 2 N–H and O–H groups in total. The Kier molecular flexibility index (Phi) is 4.04. The third-order valence-electron chi connectivity index (χ3n) is 3.10. The lowest BCUT2D eigenvalue weighted by atomic mass is 10.1. The van der Waals surface area contributed by atoms with Crippen molar-refractivity contribution in [1.82, 2.24) is 5.32 Å². The number of amides is 2. The largest absolute Gasteiger partial charge is 0.478 e. The Labute approximate surface area is 112 Å². The van der Waals surface area contributed by atoms with Crippen molar-refractivity contribution in [2.45, 2.75) is 38.8 Å². The van der Waals surface area contributed by atoms with E-state index in [1.165, 1.54) is 0 Å². The lowest BCUT2D eigenvalue weighted by Gasteiger charge is -2.25. The van der Waals surface area contributed by atoms with Gasteiger partial charge >= 0.3 is 0 Å². The molecular weight excluding hydrogens is 244 g/mol. The summed E-state index contributed by atoms with van der Waals surface area (Å²) in [6.07, 6.45) is 0.121. The molecule has 102 valence electrons. The van der Waals surface area contributed by atoms with E-state index in [1.54, 1.807) is 12.1 Å². The predicted octanol–water partition coefficient (Wildman–Crippen LogP) is 1.69. The van der Waals surface area contributed by atoms with E-state index in [1.807, 2.05) is 26.0 Å². The third-order valence-corrected chi connectivity index (χ3v) is 3.10. The van der Waals surface area contributed by atoms with Crippen molar-refractivity contribution in [3.63, 3.8) is 0 Å². The second-order valence-corrected chi connectivity index (χ2v) is 4.67. The molecular formula is C14H18N2O3. The first kappa shape index (κ1) is 13.4. The summed E-state index contributed by atoms with van der Waals surface area (Å²) >= 11 is 0. The van der Waals surface area contributed by atoms with E-state index in [4.69, 9.17) is 4.74 Å².